The van der Waals surface area contributed by atoms with Gasteiger partial charge in [-0.1, -0.05) is 13.8 Å². The van der Waals surface area contributed by atoms with Crippen molar-refractivity contribution in [1.82, 2.24) is 0 Å². The van der Waals surface area contributed by atoms with Crippen molar-refractivity contribution < 1.29 is 14.0 Å². The van der Waals surface area contributed by atoms with Crippen LogP contribution in [0.3, 0.4) is 0 Å². The van der Waals surface area contributed by atoms with E-state index in [9.17, 15) is 5.11 Å². The smallest absolute Gasteiger partial charge is 0.184 e. The number of fused-ring (bicyclic) bond motifs is 5. The molecule has 0 heterocycles. The summed E-state index contributed by atoms with van der Waals surface area (Å²) in [5.41, 5.74) is -0.178. The van der Waals surface area contributed by atoms with Crippen LogP contribution in [0.1, 0.15) is 78.6 Å². The van der Waals surface area contributed by atoms with Gasteiger partial charge in [-0.05, 0) is 133 Å². The maximum absolute atomic E-state index is 12.1. The summed E-state index contributed by atoms with van der Waals surface area (Å²) in [7, 11) is -3.16. The number of hydrogen-bond acceptors (Lipinski definition) is 3. The summed E-state index contributed by atoms with van der Waals surface area (Å²) >= 11 is 0. The molecule has 4 fully saturated rings. The number of rotatable bonds is 5. The summed E-state index contributed by atoms with van der Waals surface area (Å²) in [6.07, 6.45) is 11.7. The summed E-state index contributed by atoms with van der Waals surface area (Å²) in [6.45, 7) is 21.0. The highest BCUT2D eigenvalue weighted by Crippen LogP contribution is 2.69. The third kappa shape index (κ3) is 4.25. The largest absolute Gasteiger partial charge is 0.415 e. The summed E-state index contributed by atoms with van der Waals surface area (Å²) in [5, 5.41) is 12.1. The Morgan fingerprint density at radius 1 is 0.812 bits per heavy atom. The van der Waals surface area contributed by atoms with Gasteiger partial charge in [-0.25, -0.2) is 0 Å². The van der Waals surface area contributed by atoms with Gasteiger partial charge in [0.1, 0.15) is 0 Å². The van der Waals surface area contributed by atoms with E-state index in [2.05, 4.69) is 60.1 Å². The average Bonchev–Trinajstić information content (AvgIpc) is 2.92. The fraction of sp³-hybridized carbons (Fsp3) is 1.00. The maximum atomic E-state index is 12.1. The lowest BCUT2D eigenvalue weighted by Crippen LogP contribution is -2.60. The number of aliphatic hydroxyl groups is 1. The van der Waals surface area contributed by atoms with Crippen LogP contribution >= 0.6 is 0 Å². The minimum Gasteiger partial charge on any atom is -0.415 e. The van der Waals surface area contributed by atoms with Gasteiger partial charge < -0.3 is 14.0 Å². The molecule has 0 spiro atoms. The van der Waals surface area contributed by atoms with Gasteiger partial charge in [-0.15, -0.1) is 0 Å². The fourth-order valence-corrected chi connectivity index (χ4v) is 11.6. The monoisotopic (exact) mass is 480 g/mol. The zero-order valence-electron chi connectivity index (χ0n) is 22.6. The first-order chi connectivity index (χ1) is 14.6. The molecule has 0 bridgehead atoms. The van der Waals surface area contributed by atoms with Gasteiger partial charge in [0.15, 0.2) is 16.6 Å². The molecule has 0 aromatic heterocycles. The van der Waals surface area contributed by atoms with E-state index >= 15 is 0 Å². The van der Waals surface area contributed by atoms with Crippen molar-refractivity contribution in [2.24, 2.45) is 34.5 Å². The van der Waals surface area contributed by atoms with Crippen LogP contribution in [0.15, 0.2) is 0 Å². The molecular formula is C27H52O3Si2. The van der Waals surface area contributed by atoms with E-state index in [0.717, 1.165) is 24.2 Å². The Hall–Kier alpha value is 0.314. The molecule has 9 atom stereocenters. The van der Waals surface area contributed by atoms with Gasteiger partial charge in [0.25, 0.3) is 0 Å². The summed E-state index contributed by atoms with van der Waals surface area (Å²) in [6, 6.07) is 0. The van der Waals surface area contributed by atoms with Crippen molar-refractivity contribution in [3.8, 4) is 0 Å². The van der Waals surface area contributed by atoms with Crippen molar-refractivity contribution >= 4 is 16.6 Å². The Kier molecular flexibility index (Phi) is 6.49. The Morgan fingerprint density at radius 2 is 1.47 bits per heavy atom. The predicted octanol–water partition coefficient (Wildman–Crippen LogP) is 7.22. The summed E-state index contributed by atoms with van der Waals surface area (Å²) in [5.74, 6) is 3.12. The van der Waals surface area contributed by atoms with Crippen molar-refractivity contribution in [2.45, 2.75) is 136 Å². The molecule has 0 saturated heterocycles. The van der Waals surface area contributed by atoms with E-state index < -0.39 is 22.2 Å². The molecular weight excluding hydrogens is 428 g/mol. The van der Waals surface area contributed by atoms with Crippen LogP contribution in [0.4, 0.5) is 0 Å². The van der Waals surface area contributed by atoms with E-state index in [4.69, 9.17) is 8.85 Å². The SMILES string of the molecule is CC(O[Si](C)(C)C)C1(O)CCC2C3CCC4CC(O[Si](C)(C)C)CCC4(C)C3CCC21C. The molecule has 0 aliphatic heterocycles. The lowest BCUT2D eigenvalue weighted by molar-refractivity contribution is -0.182. The molecule has 4 rings (SSSR count). The van der Waals surface area contributed by atoms with E-state index in [1.807, 2.05) is 0 Å². The van der Waals surface area contributed by atoms with Gasteiger partial charge in [0.05, 0.1) is 11.7 Å². The number of hydrogen-bond donors (Lipinski definition) is 1. The third-order valence-electron chi connectivity index (χ3n) is 10.6. The van der Waals surface area contributed by atoms with Gasteiger partial charge in [-0.2, -0.15) is 0 Å². The lowest BCUT2D eigenvalue weighted by atomic mass is 9.44. The second kappa shape index (κ2) is 8.18. The first-order valence-corrected chi connectivity index (χ1v) is 20.5. The van der Waals surface area contributed by atoms with Crippen molar-refractivity contribution in [1.29, 1.82) is 0 Å². The Bertz CT molecular complexity index is 700. The van der Waals surface area contributed by atoms with Crippen LogP contribution < -0.4 is 0 Å². The maximum Gasteiger partial charge on any atom is 0.184 e. The van der Waals surface area contributed by atoms with Gasteiger partial charge in [0.2, 0.25) is 0 Å². The molecule has 5 heteroatoms. The molecule has 4 aliphatic rings. The molecule has 3 nitrogen and oxygen atoms in total. The molecule has 4 saturated carbocycles. The van der Waals surface area contributed by atoms with E-state index in [0.29, 0.717) is 17.4 Å². The Labute approximate surface area is 200 Å². The molecule has 0 aromatic rings. The molecule has 32 heavy (non-hydrogen) atoms. The quantitative estimate of drug-likeness (QED) is 0.422. The zero-order valence-corrected chi connectivity index (χ0v) is 24.6. The van der Waals surface area contributed by atoms with Gasteiger partial charge in [0, 0.05) is 11.5 Å². The summed E-state index contributed by atoms with van der Waals surface area (Å²) < 4.78 is 13.1. The van der Waals surface area contributed by atoms with Crippen LogP contribution in [0.2, 0.25) is 39.3 Å². The highest BCUT2D eigenvalue weighted by atomic mass is 28.4. The molecule has 0 aromatic carbocycles. The average molecular weight is 481 g/mol. The highest BCUT2D eigenvalue weighted by Gasteiger charge is 2.66. The first kappa shape index (κ1) is 25.4. The molecule has 4 aliphatic carbocycles. The van der Waals surface area contributed by atoms with Gasteiger partial charge in [-0.3, -0.25) is 0 Å². The van der Waals surface area contributed by atoms with Crippen LogP contribution in [0.25, 0.3) is 0 Å². The van der Waals surface area contributed by atoms with Crippen molar-refractivity contribution in [3.63, 3.8) is 0 Å². The van der Waals surface area contributed by atoms with Gasteiger partial charge >= 0.3 is 0 Å². The normalized spacial score (nSPS) is 48.0. The minimum atomic E-state index is -1.69. The second-order valence-electron chi connectivity index (χ2n) is 14.6. The van der Waals surface area contributed by atoms with Crippen molar-refractivity contribution in [3.05, 3.63) is 0 Å². The first-order valence-electron chi connectivity index (χ1n) is 13.7. The second-order valence-corrected chi connectivity index (χ2v) is 23.5. The van der Waals surface area contributed by atoms with E-state index in [-0.39, 0.29) is 11.5 Å². The van der Waals surface area contributed by atoms with E-state index in [1.54, 1.807) is 0 Å². The summed E-state index contributed by atoms with van der Waals surface area (Å²) in [4.78, 5) is 0. The molecule has 0 amide bonds. The fourth-order valence-electron chi connectivity index (χ4n) is 9.17. The molecule has 0 radical (unpaired) electrons. The zero-order chi connectivity index (χ0) is 23.7. The van der Waals surface area contributed by atoms with Crippen LogP contribution in [-0.4, -0.2) is 39.6 Å². The molecule has 9 unspecified atom stereocenters. The third-order valence-corrected chi connectivity index (χ3v) is 12.7. The minimum absolute atomic E-state index is 0.00851. The van der Waals surface area contributed by atoms with Crippen LogP contribution in [-0.2, 0) is 8.85 Å². The lowest BCUT2D eigenvalue weighted by Gasteiger charge is -2.62. The Morgan fingerprint density at radius 3 is 2.09 bits per heavy atom. The Balaban J connectivity index is 1.52. The van der Waals surface area contributed by atoms with Crippen LogP contribution in [0.5, 0.6) is 0 Å². The molecule has 186 valence electrons. The van der Waals surface area contributed by atoms with E-state index in [1.165, 1.54) is 51.4 Å². The molecule has 1 N–H and O–H groups in total. The topological polar surface area (TPSA) is 38.7 Å². The highest BCUT2D eigenvalue weighted by molar-refractivity contribution is 6.70. The standard InChI is InChI=1S/C27H52O3Si2/c1-19(29-31(4,5)6)27(28)17-14-24-22-11-10-20-18-21(30-32(7,8)9)12-15-25(20,2)23(22)13-16-26(24,27)3/h19-24,28H,10-18H2,1-9H3. The van der Waals surface area contributed by atoms with Crippen LogP contribution in [0, 0.1) is 34.5 Å². The van der Waals surface area contributed by atoms with Crippen molar-refractivity contribution in [2.75, 3.05) is 0 Å². The predicted molar refractivity (Wildman–Crippen MR) is 139 cm³/mol.